The van der Waals surface area contributed by atoms with Crippen LogP contribution in [-0.4, -0.2) is 54.1 Å². The van der Waals surface area contributed by atoms with Gasteiger partial charge in [0.2, 0.25) is 0 Å². The predicted octanol–water partition coefficient (Wildman–Crippen LogP) is 3.17. The Bertz CT molecular complexity index is 774. The van der Waals surface area contributed by atoms with Crippen molar-refractivity contribution < 1.29 is 13.9 Å². The number of halogens is 1. The fourth-order valence-electron chi connectivity index (χ4n) is 3.55. The van der Waals surface area contributed by atoms with Gasteiger partial charge in [0.05, 0.1) is 25.0 Å². The summed E-state index contributed by atoms with van der Waals surface area (Å²) >= 11 is 0. The van der Waals surface area contributed by atoms with Crippen molar-refractivity contribution in [3.05, 3.63) is 65.2 Å². The predicted molar refractivity (Wildman–Crippen MR) is 110 cm³/mol. The zero-order chi connectivity index (χ0) is 20.6. The van der Waals surface area contributed by atoms with Crippen molar-refractivity contribution in [1.29, 1.82) is 0 Å². The number of rotatable bonds is 7. The molecule has 29 heavy (non-hydrogen) atoms. The van der Waals surface area contributed by atoms with Crippen molar-refractivity contribution in [2.45, 2.75) is 38.6 Å². The minimum absolute atomic E-state index is 0.119. The highest BCUT2D eigenvalue weighted by atomic mass is 19.1. The summed E-state index contributed by atoms with van der Waals surface area (Å²) in [4.78, 5) is 21.3. The minimum Gasteiger partial charge on any atom is -0.380 e. The van der Waals surface area contributed by atoms with E-state index in [1.54, 1.807) is 13.2 Å². The van der Waals surface area contributed by atoms with Gasteiger partial charge >= 0.3 is 6.03 Å². The average molecular weight is 400 g/mol. The highest BCUT2D eigenvalue weighted by molar-refractivity contribution is 5.74. The van der Waals surface area contributed by atoms with Crippen LogP contribution in [0.2, 0.25) is 0 Å². The molecular weight excluding hydrogens is 371 g/mol. The lowest BCUT2D eigenvalue weighted by molar-refractivity contribution is 0.126. The third kappa shape index (κ3) is 6.24. The summed E-state index contributed by atoms with van der Waals surface area (Å²) < 4.78 is 18.3. The second kappa shape index (κ2) is 10.3. The number of piperidine rings is 1. The quantitative estimate of drug-likeness (QED) is 0.776. The van der Waals surface area contributed by atoms with Crippen LogP contribution in [0.5, 0.6) is 0 Å². The molecule has 2 aromatic rings. The maximum atomic E-state index is 13.2. The lowest BCUT2D eigenvalue weighted by Gasteiger charge is -2.37. The first-order valence-corrected chi connectivity index (χ1v) is 9.95. The number of benzene rings is 1. The number of nitrogens with one attached hydrogen (secondary N) is 1. The van der Waals surface area contributed by atoms with Crippen molar-refractivity contribution in [2.75, 3.05) is 27.2 Å². The third-order valence-corrected chi connectivity index (χ3v) is 5.29. The number of nitrogens with zero attached hydrogens (tertiary/aromatic N) is 3. The normalized spacial score (nSPS) is 15.3. The van der Waals surface area contributed by atoms with Gasteiger partial charge in [0.15, 0.2) is 0 Å². The number of urea groups is 1. The smallest absolute Gasteiger partial charge is 0.318 e. The number of aromatic nitrogens is 1. The number of hydrogen-bond donors (Lipinski definition) is 1. The van der Waals surface area contributed by atoms with Crippen LogP contribution >= 0.6 is 0 Å². The highest BCUT2D eigenvalue weighted by Gasteiger charge is 2.27. The maximum Gasteiger partial charge on any atom is 0.318 e. The van der Waals surface area contributed by atoms with Crippen molar-refractivity contribution in [3.8, 4) is 0 Å². The molecule has 1 aromatic carbocycles. The molecule has 1 N–H and O–H groups in total. The first-order valence-electron chi connectivity index (χ1n) is 9.95. The second-order valence-corrected chi connectivity index (χ2v) is 7.54. The van der Waals surface area contributed by atoms with Crippen LogP contribution in [0.25, 0.3) is 0 Å². The number of carbonyl (C=O) groups excluding carboxylic acids is 1. The summed E-state index contributed by atoms with van der Waals surface area (Å²) in [5, 5.41) is 3.03. The SMILES string of the molecule is COCc1ccc(CNC(=O)N(Cc2ccc(F)cn2)C2CCN(C)CC2)cc1. The van der Waals surface area contributed by atoms with Gasteiger partial charge in [0.1, 0.15) is 5.82 Å². The van der Waals surface area contributed by atoms with Gasteiger partial charge in [-0.25, -0.2) is 9.18 Å². The van der Waals surface area contributed by atoms with Crippen molar-refractivity contribution in [1.82, 2.24) is 20.1 Å². The molecule has 156 valence electrons. The summed E-state index contributed by atoms with van der Waals surface area (Å²) in [5.74, 6) is -0.374. The molecule has 0 bridgehead atoms. The Kier molecular flexibility index (Phi) is 7.55. The molecule has 3 rings (SSSR count). The van der Waals surface area contributed by atoms with E-state index in [0.717, 1.165) is 37.1 Å². The number of pyridine rings is 1. The fourth-order valence-corrected chi connectivity index (χ4v) is 3.55. The van der Waals surface area contributed by atoms with Crippen LogP contribution in [0.15, 0.2) is 42.6 Å². The second-order valence-electron chi connectivity index (χ2n) is 7.54. The topological polar surface area (TPSA) is 57.7 Å². The van der Waals surface area contributed by atoms with Crippen LogP contribution in [0.1, 0.15) is 29.7 Å². The van der Waals surface area contributed by atoms with Crippen LogP contribution in [-0.2, 0) is 24.4 Å². The summed E-state index contributed by atoms with van der Waals surface area (Å²) in [6, 6.07) is 11.0. The number of likely N-dealkylation sites (tertiary alicyclic amines) is 1. The maximum absolute atomic E-state index is 13.2. The van der Waals surface area contributed by atoms with Crippen LogP contribution in [0.4, 0.5) is 9.18 Å². The summed E-state index contributed by atoms with van der Waals surface area (Å²) in [6.45, 7) is 3.29. The molecule has 0 unspecified atom stereocenters. The first-order chi connectivity index (χ1) is 14.0. The largest absolute Gasteiger partial charge is 0.380 e. The summed E-state index contributed by atoms with van der Waals surface area (Å²) in [6.07, 6.45) is 3.02. The monoisotopic (exact) mass is 400 g/mol. The Labute approximate surface area is 171 Å². The Morgan fingerprint density at radius 1 is 1.21 bits per heavy atom. The van der Waals surface area contributed by atoms with E-state index in [2.05, 4.69) is 22.2 Å². The van der Waals surface area contributed by atoms with Crippen molar-refractivity contribution >= 4 is 6.03 Å². The molecule has 1 aliphatic heterocycles. The molecule has 1 fully saturated rings. The zero-order valence-electron chi connectivity index (χ0n) is 17.1. The van der Waals surface area contributed by atoms with Gasteiger partial charge in [0.25, 0.3) is 0 Å². The van der Waals surface area contributed by atoms with Gasteiger partial charge in [-0.05, 0) is 56.2 Å². The lowest BCUT2D eigenvalue weighted by Crippen LogP contribution is -2.49. The zero-order valence-corrected chi connectivity index (χ0v) is 17.1. The summed E-state index contributed by atoms with van der Waals surface area (Å²) in [7, 11) is 3.76. The van der Waals surface area contributed by atoms with E-state index in [1.807, 2.05) is 29.2 Å². The Morgan fingerprint density at radius 2 is 1.90 bits per heavy atom. The standard InChI is InChI=1S/C22H29FN4O2/c1-26-11-9-21(10-12-26)27(15-20-8-7-19(23)14-24-20)22(28)25-13-17-3-5-18(6-4-17)16-29-2/h3-8,14,21H,9-13,15-16H2,1-2H3,(H,25,28). The molecule has 1 saturated heterocycles. The Balaban J connectivity index is 1.65. The van der Waals surface area contributed by atoms with Gasteiger partial charge in [0, 0.05) is 19.7 Å². The molecule has 0 radical (unpaired) electrons. The minimum atomic E-state index is -0.374. The summed E-state index contributed by atoms with van der Waals surface area (Å²) in [5.41, 5.74) is 2.81. The Morgan fingerprint density at radius 3 is 2.52 bits per heavy atom. The van der Waals surface area contributed by atoms with E-state index in [4.69, 9.17) is 4.74 Å². The molecule has 0 spiro atoms. The third-order valence-electron chi connectivity index (χ3n) is 5.29. The number of ether oxygens (including phenoxy) is 1. The average Bonchev–Trinajstić information content (AvgIpc) is 2.74. The van der Waals surface area contributed by atoms with E-state index in [9.17, 15) is 9.18 Å². The van der Waals surface area contributed by atoms with Gasteiger partial charge in [-0.2, -0.15) is 0 Å². The molecule has 6 nitrogen and oxygen atoms in total. The molecule has 0 aliphatic carbocycles. The van der Waals surface area contributed by atoms with Crippen LogP contribution < -0.4 is 5.32 Å². The number of methoxy groups -OCH3 is 1. The molecule has 2 amide bonds. The highest BCUT2D eigenvalue weighted by Crippen LogP contribution is 2.18. The molecular formula is C22H29FN4O2. The van der Waals surface area contributed by atoms with E-state index < -0.39 is 0 Å². The molecule has 0 saturated carbocycles. The van der Waals surface area contributed by atoms with E-state index in [1.165, 1.54) is 12.3 Å². The van der Waals surface area contributed by atoms with Gasteiger partial charge in [-0.1, -0.05) is 24.3 Å². The number of carbonyl (C=O) groups is 1. The number of hydrogen-bond acceptors (Lipinski definition) is 4. The molecule has 1 aliphatic rings. The van der Waals surface area contributed by atoms with E-state index in [0.29, 0.717) is 25.4 Å². The van der Waals surface area contributed by atoms with Gasteiger partial charge in [-0.3, -0.25) is 4.98 Å². The Hall–Kier alpha value is -2.51. The van der Waals surface area contributed by atoms with Crippen molar-refractivity contribution in [2.24, 2.45) is 0 Å². The number of amides is 2. The fraction of sp³-hybridized carbons (Fsp3) is 0.455. The van der Waals surface area contributed by atoms with Crippen LogP contribution in [0, 0.1) is 5.82 Å². The van der Waals surface area contributed by atoms with Gasteiger partial charge < -0.3 is 19.9 Å². The molecule has 7 heteroatoms. The molecule has 2 heterocycles. The lowest BCUT2D eigenvalue weighted by atomic mass is 10.0. The van der Waals surface area contributed by atoms with Crippen LogP contribution in [0.3, 0.4) is 0 Å². The van der Waals surface area contributed by atoms with E-state index in [-0.39, 0.29) is 17.9 Å². The van der Waals surface area contributed by atoms with Gasteiger partial charge in [-0.15, -0.1) is 0 Å². The molecule has 0 atom stereocenters. The van der Waals surface area contributed by atoms with Crippen molar-refractivity contribution in [3.63, 3.8) is 0 Å². The first kappa shape index (κ1) is 21.2. The van der Waals surface area contributed by atoms with E-state index >= 15 is 0 Å². The molecule has 1 aromatic heterocycles.